The van der Waals surface area contributed by atoms with E-state index in [1.807, 2.05) is 17.7 Å². The number of rotatable bonds is 3. The number of thiazole rings is 1. The first-order valence-electron chi connectivity index (χ1n) is 5.60. The summed E-state index contributed by atoms with van der Waals surface area (Å²) in [5.41, 5.74) is 2.34. The van der Waals surface area contributed by atoms with Gasteiger partial charge in [0.2, 0.25) is 0 Å². The van der Waals surface area contributed by atoms with Crippen molar-refractivity contribution < 1.29 is 0 Å². The molecule has 90 valence electrons. The minimum atomic E-state index is 1.01. The predicted molar refractivity (Wildman–Crippen MR) is 78.5 cm³/mol. The maximum absolute atomic E-state index is 4.63. The van der Waals surface area contributed by atoms with Crippen LogP contribution in [0.15, 0.2) is 52.3 Å². The van der Waals surface area contributed by atoms with Gasteiger partial charge in [-0.05, 0) is 25.1 Å². The Morgan fingerprint density at radius 1 is 1.33 bits per heavy atom. The maximum Gasteiger partial charge on any atom is 0.195 e. The lowest BCUT2D eigenvalue weighted by atomic mass is 10.2. The molecule has 0 atom stereocenters. The van der Waals surface area contributed by atoms with Crippen LogP contribution in [0.2, 0.25) is 0 Å². The van der Waals surface area contributed by atoms with E-state index in [0.717, 1.165) is 15.7 Å². The number of hydrogen-bond donors (Lipinski definition) is 0. The Morgan fingerprint density at radius 2 is 2.11 bits per heavy atom. The first kappa shape index (κ1) is 11.6. The summed E-state index contributed by atoms with van der Waals surface area (Å²) in [6.07, 6.45) is 3.90. The van der Waals surface area contributed by atoms with Crippen LogP contribution in [0.5, 0.6) is 0 Å². The average molecular weight is 272 g/mol. The largest absolute Gasteiger partial charge is 0.290 e. The van der Waals surface area contributed by atoms with Crippen LogP contribution < -0.4 is 0 Å². The standard InChI is InChI=1S/C14H12N2S2/c1-3-12-13(15-14-16(12)8-9-17-14)18-11-6-4-10(2)5-7-11/h3-9H,1H2,2H3. The molecule has 0 bridgehead atoms. The smallest absolute Gasteiger partial charge is 0.195 e. The molecule has 0 radical (unpaired) electrons. The molecular weight excluding hydrogens is 260 g/mol. The summed E-state index contributed by atoms with van der Waals surface area (Å²) in [5.74, 6) is 0. The molecule has 18 heavy (non-hydrogen) atoms. The van der Waals surface area contributed by atoms with Gasteiger partial charge in [-0.2, -0.15) is 0 Å². The molecule has 2 heterocycles. The van der Waals surface area contributed by atoms with Crippen molar-refractivity contribution in [2.24, 2.45) is 0 Å². The van der Waals surface area contributed by atoms with Crippen molar-refractivity contribution in [3.05, 3.63) is 53.7 Å². The first-order chi connectivity index (χ1) is 8.78. The minimum Gasteiger partial charge on any atom is -0.290 e. The summed E-state index contributed by atoms with van der Waals surface area (Å²) in [7, 11) is 0. The second-order valence-corrected chi connectivity index (χ2v) is 5.91. The zero-order chi connectivity index (χ0) is 12.5. The lowest BCUT2D eigenvalue weighted by Crippen LogP contribution is -1.82. The monoisotopic (exact) mass is 272 g/mol. The Bertz CT molecular complexity index is 692. The highest BCUT2D eigenvalue weighted by atomic mass is 32.2. The number of aryl methyl sites for hydroxylation is 1. The zero-order valence-corrected chi connectivity index (χ0v) is 11.6. The third-order valence-electron chi connectivity index (χ3n) is 2.69. The second kappa shape index (κ2) is 4.63. The van der Waals surface area contributed by atoms with E-state index in [9.17, 15) is 0 Å². The third kappa shape index (κ3) is 1.98. The van der Waals surface area contributed by atoms with Gasteiger partial charge in [0.05, 0.1) is 5.69 Å². The van der Waals surface area contributed by atoms with Crippen molar-refractivity contribution in [3.63, 3.8) is 0 Å². The van der Waals surface area contributed by atoms with Gasteiger partial charge in [0.15, 0.2) is 4.96 Å². The molecule has 0 aliphatic carbocycles. The topological polar surface area (TPSA) is 17.3 Å². The molecule has 3 rings (SSSR count). The van der Waals surface area contributed by atoms with Crippen LogP contribution in [0.1, 0.15) is 11.3 Å². The molecule has 2 nitrogen and oxygen atoms in total. The van der Waals surface area contributed by atoms with Crippen LogP contribution >= 0.6 is 23.1 Å². The van der Waals surface area contributed by atoms with Crippen LogP contribution in [-0.4, -0.2) is 9.38 Å². The quantitative estimate of drug-likeness (QED) is 0.698. The highest BCUT2D eigenvalue weighted by molar-refractivity contribution is 7.99. The summed E-state index contributed by atoms with van der Waals surface area (Å²) >= 11 is 3.32. The number of fused-ring (bicyclic) bond motifs is 1. The van der Waals surface area contributed by atoms with Crippen LogP contribution in [0, 0.1) is 6.92 Å². The van der Waals surface area contributed by atoms with E-state index < -0.39 is 0 Å². The molecule has 0 aliphatic heterocycles. The Morgan fingerprint density at radius 3 is 2.83 bits per heavy atom. The van der Waals surface area contributed by atoms with Crippen molar-refractivity contribution in [1.29, 1.82) is 0 Å². The average Bonchev–Trinajstić information content (AvgIpc) is 2.92. The Balaban J connectivity index is 2.01. The van der Waals surface area contributed by atoms with Crippen molar-refractivity contribution in [3.8, 4) is 0 Å². The van der Waals surface area contributed by atoms with Crippen molar-refractivity contribution in [1.82, 2.24) is 9.38 Å². The van der Waals surface area contributed by atoms with E-state index in [2.05, 4.69) is 47.2 Å². The van der Waals surface area contributed by atoms with E-state index >= 15 is 0 Å². The van der Waals surface area contributed by atoms with Gasteiger partial charge in [0.1, 0.15) is 5.03 Å². The summed E-state index contributed by atoms with van der Waals surface area (Å²) < 4.78 is 2.08. The van der Waals surface area contributed by atoms with E-state index in [0.29, 0.717) is 0 Å². The number of aromatic nitrogens is 2. The highest BCUT2D eigenvalue weighted by Gasteiger charge is 2.11. The SMILES string of the molecule is C=Cc1c(Sc2ccc(C)cc2)nc2sccn12. The van der Waals surface area contributed by atoms with Gasteiger partial charge in [-0.1, -0.05) is 36.0 Å². The fraction of sp³-hybridized carbons (Fsp3) is 0.0714. The summed E-state index contributed by atoms with van der Waals surface area (Å²) in [5, 5.41) is 3.05. The molecule has 0 saturated carbocycles. The van der Waals surface area contributed by atoms with Crippen LogP contribution in [0.4, 0.5) is 0 Å². The van der Waals surface area contributed by atoms with Crippen LogP contribution in [0.25, 0.3) is 11.0 Å². The molecule has 0 spiro atoms. The third-order valence-corrected chi connectivity index (χ3v) is 4.45. The molecule has 0 unspecified atom stereocenters. The van der Waals surface area contributed by atoms with Crippen molar-refractivity contribution >= 4 is 34.1 Å². The Kier molecular flexibility index (Phi) is 2.97. The normalized spacial score (nSPS) is 10.9. The molecule has 0 aliphatic rings. The summed E-state index contributed by atoms with van der Waals surface area (Å²) in [6, 6.07) is 8.49. The Hall–Kier alpha value is -1.52. The molecular formula is C14H12N2S2. The highest BCUT2D eigenvalue weighted by Crippen LogP contribution is 2.32. The number of benzene rings is 1. The second-order valence-electron chi connectivity index (χ2n) is 3.98. The molecule has 0 saturated heterocycles. The minimum absolute atomic E-state index is 1.01. The molecule has 2 aromatic heterocycles. The van der Waals surface area contributed by atoms with E-state index in [-0.39, 0.29) is 0 Å². The lowest BCUT2D eigenvalue weighted by molar-refractivity contribution is 1.16. The van der Waals surface area contributed by atoms with Gasteiger partial charge < -0.3 is 0 Å². The fourth-order valence-corrected chi connectivity index (χ4v) is 3.45. The summed E-state index contributed by atoms with van der Waals surface area (Å²) in [4.78, 5) is 6.85. The van der Waals surface area contributed by atoms with Gasteiger partial charge in [-0.25, -0.2) is 4.98 Å². The van der Waals surface area contributed by atoms with Gasteiger partial charge in [0, 0.05) is 16.5 Å². The molecule has 0 fully saturated rings. The van der Waals surface area contributed by atoms with Crippen LogP contribution in [0.3, 0.4) is 0 Å². The summed E-state index contributed by atoms with van der Waals surface area (Å²) in [6.45, 7) is 5.97. The van der Waals surface area contributed by atoms with Gasteiger partial charge in [0.25, 0.3) is 0 Å². The lowest BCUT2D eigenvalue weighted by Gasteiger charge is -2.00. The van der Waals surface area contributed by atoms with E-state index in [4.69, 9.17) is 0 Å². The molecule has 4 heteroatoms. The van der Waals surface area contributed by atoms with Gasteiger partial charge in [-0.15, -0.1) is 11.3 Å². The number of hydrogen-bond acceptors (Lipinski definition) is 3. The van der Waals surface area contributed by atoms with E-state index in [1.54, 1.807) is 23.1 Å². The fourth-order valence-electron chi connectivity index (χ4n) is 1.76. The Labute approximate surface area is 114 Å². The number of imidazole rings is 1. The molecule has 1 aromatic carbocycles. The van der Waals surface area contributed by atoms with Gasteiger partial charge in [-0.3, -0.25) is 4.40 Å². The predicted octanol–water partition coefficient (Wildman–Crippen LogP) is 4.50. The maximum atomic E-state index is 4.63. The van der Waals surface area contributed by atoms with Crippen LogP contribution in [-0.2, 0) is 0 Å². The molecule has 0 N–H and O–H groups in total. The van der Waals surface area contributed by atoms with Crippen molar-refractivity contribution in [2.75, 3.05) is 0 Å². The van der Waals surface area contributed by atoms with E-state index in [1.165, 1.54) is 10.5 Å². The van der Waals surface area contributed by atoms with Crippen molar-refractivity contribution in [2.45, 2.75) is 16.8 Å². The molecule has 3 aromatic rings. The first-order valence-corrected chi connectivity index (χ1v) is 7.30. The van der Waals surface area contributed by atoms with Gasteiger partial charge >= 0.3 is 0 Å². The molecule has 0 amide bonds. The zero-order valence-electron chi connectivity index (χ0n) is 9.96. The number of nitrogens with zero attached hydrogens (tertiary/aromatic N) is 2.